The van der Waals surface area contributed by atoms with E-state index in [0.29, 0.717) is 23.3 Å². The highest BCUT2D eigenvalue weighted by molar-refractivity contribution is 5.93. The van der Waals surface area contributed by atoms with Gasteiger partial charge in [0, 0.05) is 32.4 Å². The topological polar surface area (TPSA) is 66.9 Å². The zero-order valence-corrected chi connectivity index (χ0v) is 17.8. The van der Waals surface area contributed by atoms with Gasteiger partial charge in [0.15, 0.2) is 11.2 Å². The Bertz CT molecular complexity index is 1260. The molecule has 2 aromatic carbocycles. The molecule has 0 aliphatic heterocycles. The lowest BCUT2D eigenvalue weighted by molar-refractivity contribution is 0.0686. The second-order valence-corrected chi connectivity index (χ2v) is 7.78. The fraction of sp³-hybridized carbons (Fsp3) is 0.200. The molecule has 0 bridgehead atoms. The molecule has 1 amide bonds. The van der Waals surface area contributed by atoms with Crippen LogP contribution in [0.4, 0.5) is 5.69 Å². The predicted octanol–water partition coefficient (Wildman–Crippen LogP) is 4.60. The largest absolute Gasteiger partial charge is 0.467 e. The molecule has 2 heterocycles. The molecule has 0 radical (unpaired) electrons. The van der Waals surface area contributed by atoms with Crippen LogP contribution in [-0.2, 0) is 13.1 Å². The molecule has 0 saturated heterocycles. The third kappa shape index (κ3) is 4.53. The van der Waals surface area contributed by atoms with Gasteiger partial charge in [-0.15, -0.1) is 0 Å². The Hall–Kier alpha value is -3.80. The molecule has 0 spiro atoms. The highest BCUT2D eigenvalue weighted by Crippen LogP contribution is 2.20. The minimum absolute atomic E-state index is 0.0135. The first kappa shape index (κ1) is 20.5. The number of furan rings is 1. The van der Waals surface area contributed by atoms with Crippen LogP contribution in [0.1, 0.15) is 27.4 Å². The molecule has 0 aliphatic rings. The first-order valence-corrected chi connectivity index (χ1v) is 10.0. The Kier molecular flexibility index (Phi) is 5.62. The molecule has 2 aromatic heterocycles. The maximum Gasteiger partial charge on any atom is 0.290 e. The molecule has 0 unspecified atom stereocenters. The summed E-state index contributed by atoms with van der Waals surface area (Å²) in [5.41, 5.74) is 3.16. The van der Waals surface area contributed by atoms with E-state index in [-0.39, 0.29) is 23.6 Å². The average molecular weight is 416 g/mol. The van der Waals surface area contributed by atoms with Gasteiger partial charge in [-0.3, -0.25) is 9.59 Å². The summed E-state index contributed by atoms with van der Waals surface area (Å²) in [6.45, 7) is 2.52. The number of carbonyl (C=O) groups excluding carboxylic acids is 1. The molecule has 0 saturated carbocycles. The summed E-state index contributed by atoms with van der Waals surface area (Å²) < 4.78 is 11.3. The van der Waals surface area contributed by atoms with Crippen molar-refractivity contribution in [1.29, 1.82) is 0 Å². The quantitative estimate of drug-likeness (QED) is 0.459. The average Bonchev–Trinajstić information content (AvgIpc) is 3.26. The van der Waals surface area contributed by atoms with Gasteiger partial charge in [-0.05, 0) is 54.4 Å². The fourth-order valence-corrected chi connectivity index (χ4v) is 3.43. The molecule has 6 nitrogen and oxygen atoms in total. The van der Waals surface area contributed by atoms with Gasteiger partial charge in [0.05, 0.1) is 18.2 Å². The van der Waals surface area contributed by atoms with Crippen molar-refractivity contribution in [2.24, 2.45) is 0 Å². The standard InChI is InChI=1S/C25H24N2O4/c1-17-6-11-21-22(28)14-24(31-23(21)13-17)25(29)27(16-20-5-4-12-30-20)15-18-7-9-19(10-8-18)26(2)3/h4-14H,15-16H2,1-3H3. The van der Waals surface area contributed by atoms with Crippen molar-refractivity contribution in [2.75, 3.05) is 19.0 Å². The molecule has 0 N–H and O–H groups in total. The van der Waals surface area contributed by atoms with Crippen molar-refractivity contribution in [1.82, 2.24) is 4.90 Å². The van der Waals surface area contributed by atoms with Crippen LogP contribution in [0, 0.1) is 6.92 Å². The van der Waals surface area contributed by atoms with Gasteiger partial charge >= 0.3 is 0 Å². The lowest BCUT2D eigenvalue weighted by atomic mass is 10.1. The highest BCUT2D eigenvalue weighted by Gasteiger charge is 2.21. The first-order chi connectivity index (χ1) is 14.9. The third-order valence-corrected chi connectivity index (χ3v) is 5.14. The van der Waals surface area contributed by atoms with Crippen molar-refractivity contribution < 1.29 is 13.6 Å². The Morgan fingerprint density at radius 1 is 0.968 bits per heavy atom. The number of amides is 1. The number of carbonyl (C=O) groups is 1. The summed E-state index contributed by atoms with van der Waals surface area (Å²) in [5, 5.41) is 0.457. The smallest absolute Gasteiger partial charge is 0.290 e. The van der Waals surface area contributed by atoms with E-state index in [1.807, 2.05) is 62.3 Å². The van der Waals surface area contributed by atoms with Crippen LogP contribution >= 0.6 is 0 Å². The van der Waals surface area contributed by atoms with Crippen molar-refractivity contribution in [3.63, 3.8) is 0 Å². The van der Waals surface area contributed by atoms with Crippen LogP contribution in [0.2, 0.25) is 0 Å². The highest BCUT2D eigenvalue weighted by atomic mass is 16.3. The lowest BCUT2D eigenvalue weighted by Crippen LogP contribution is -2.30. The molecule has 4 rings (SSSR count). The first-order valence-electron chi connectivity index (χ1n) is 10.0. The van der Waals surface area contributed by atoms with E-state index < -0.39 is 0 Å². The molecule has 0 aliphatic carbocycles. The predicted molar refractivity (Wildman–Crippen MR) is 120 cm³/mol. The number of nitrogens with zero attached hydrogens (tertiary/aromatic N) is 2. The van der Waals surface area contributed by atoms with Gasteiger partial charge in [-0.1, -0.05) is 18.2 Å². The van der Waals surface area contributed by atoms with E-state index in [2.05, 4.69) is 0 Å². The van der Waals surface area contributed by atoms with E-state index in [1.165, 1.54) is 6.07 Å². The lowest BCUT2D eigenvalue weighted by Gasteiger charge is -2.22. The summed E-state index contributed by atoms with van der Waals surface area (Å²) in [7, 11) is 3.95. The van der Waals surface area contributed by atoms with Gasteiger partial charge in [0.25, 0.3) is 5.91 Å². The van der Waals surface area contributed by atoms with E-state index >= 15 is 0 Å². The van der Waals surface area contributed by atoms with Gasteiger partial charge in [-0.25, -0.2) is 0 Å². The van der Waals surface area contributed by atoms with Crippen molar-refractivity contribution in [2.45, 2.75) is 20.0 Å². The molecule has 158 valence electrons. The van der Waals surface area contributed by atoms with Gasteiger partial charge < -0.3 is 18.6 Å². The number of anilines is 1. The van der Waals surface area contributed by atoms with Crippen LogP contribution in [0.15, 0.2) is 80.6 Å². The molecular formula is C25H24N2O4. The van der Waals surface area contributed by atoms with Gasteiger partial charge in [0.2, 0.25) is 0 Å². The SMILES string of the molecule is Cc1ccc2c(=O)cc(C(=O)N(Cc3ccc(N(C)C)cc3)Cc3ccco3)oc2c1. The molecular weight excluding hydrogens is 392 g/mol. The number of benzene rings is 2. The number of hydrogen-bond donors (Lipinski definition) is 0. The fourth-order valence-electron chi connectivity index (χ4n) is 3.43. The summed E-state index contributed by atoms with van der Waals surface area (Å²) in [6, 6.07) is 18.2. The van der Waals surface area contributed by atoms with Gasteiger partial charge in [0.1, 0.15) is 11.3 Å². The molecule has 0 fully saturated rings. The molecule has 0 atom stereocenters. The third-order valence-electron chi connectivity index (χ3n) is 5.14. The number of fused-ring (bicyclic) bond motifs is 1. The summed E-state index contributed by atoms with van der Waals surface area (Å²) in [5.74, 6) is 0.297. The zero-order valence-electron chi connectivity index (χ0n) is 17.8. The molecule has 6 heteroatoms. The Morgan fingerprint density at radius 2 is 1.74 bits per heavy atom. The number of hydrogen-bond acceptors (Lipinski definition) is 5. The summed E-state index contributed by atoms with van der Waals surface area (Å²) in [6.07, 6.45) is 1.57. The van der Waals surface area contributed by atoms with Crippen molar-refractivity contribution >= 4 is 22.6 Å². The number of rotatable bonds is 6. The Morgan fingerprint density at radius 3 is 2.42 bits per heavy atom. The van der Waals surface area contributed by atoms with Crippen LogP contribution in [0.3, 0.4) is 0 Å². The van der Waals surface area contributed by atoms with E-state index in [0.717, 1.165) is 16.8 Å². The monoisotopic (exact) mass is 416 g/mol. The van der Waals surface area contributed by atoms with Crippen LogP contribution < -0.4 is 10.3 Å². The second-order valence-electron chi connectivity index (χ2n) is 7.78. The van der Waals surface area contributed by atoms with E-state index in [1.54, 1.807) is 29.4 Å². The minimum atomic E-state index is -0.367. The Balaban J connectivity index is 1.68. The van der Waals surface area contributed by atoms with Crippen molar-refractivity contribution in [3.05, 3.63) is 99.8 Å². The maximum atomic E-state index is 13.4. The van der Waals surface area contributed by atoms with Crippen LogP contribution in [-0.4, -0.2) is 24.9 Å². The summed E-state index contributed by atoms with van der Waals surface area (Å²) >= 11 is 0. The summed E-state index contributed by atoms with van der Waals surface area (Å²) in [4.78, 5) is 29.6. The maximum absolute atomic E-state index is 13.4. The van der Waals surface area contributed by atoms with Gasteiger partial charge in [-0.2, -0.15) is 0 Å². The normalized spacial score (nSPS) is 10.9. The van der Waals surface area contributed by atoms with E-state index in [4.69, 9.17) is 8.83 Å². The second kappa shape index (κ2) is 8.52. The number of aryl methyl sites for hydroxylation is 1. The molecule has 4 aromatic rings. The zero-order chi connectivity index (χ0) is 22.0. The van der Waals surface area contributed by atoms with Crippen molar-refractivity contribution in [3.8, 4) is 0 Å². The van der Waals surface area contributed by atoms with E-state index in [9.17, 15) is 9.59 Å². The van der Waals surface area contributed by atoms with Crippen LogP contribution in [0.5, 0.6) is 0 Å². The molecule has 31 heavy (non-hydrogen) atoms. The van der Waals surface area contributed by atoms with Crippen LogP contribution in [0.25, 0.3) is 11.0 Å². The Labute approximate surface area is 180 Å². The minimum Gasteiger partial charge on any atom is -0.467 e.